The molecule has 7 heteroatoms. The van der Waals surface area contributed by atoms with Crippen molar-refractivity contribution in [2.45, 2.75) is 19.9 Å². The number of hydrogen-bond donors (Lipinski definition) is 2. The number of imide groups is 1. The second kappa shape index (κ2) is 5.97. The number of aliphatic carboxylic acids is 1. The van der Waals surface area contributed by atoms with Gasteiger partial charge in [0.25, 0.3) is 11.8 Å². The van der Waals surface area contributed by atoms with Crippen molar-refractivity contribution in [2.24, 2.45) is 5.92 Å². The Morgan fingerprint density at radius 2 is 1.64 bits per heavy atom. The summed E-state index contributed by atoms with van der Waals surface area (Å²) in [7, 11) is 0. The van der Waals surface area contributed by atoms with E-state index >= 15 is 0 Å². The molecule has 1 aromatic carbocycles. The summed E-state index contributed by atoms with van der Waals surface area (Å²) < 4.78 is 0. The molecule has 3 amide bonds. The minimum atomic E-state index is -1.16. The molecular weight excluding hydrogens is 288 g/mol. The molecule has 0 aromatic heterocycles. The van der Waals surface area contributed by atoms with Crippen LogP contribution in [-0.2, 0) is 9.59 Å². The summed E-state index contributed by atoms with van der Waals surface area (Å²) in [6, 6.07) is 5.23. The number of carbonyl (C=O) groups excluding carboxylic acids is 3. The Kier molecular flexibility index (Phi) is 4.25. The van der Waals surface area contributed by atoms with E-state index in [0.717, 1.165) is 4.90 Å². The zero-order chi connectivity index (χ0) is 16.4. The summed E-state index contributed by atoms with van der Waals surface area (Å²) in [6.07, 6.45) is 0. The normalized spacial score (nSPS) is 15.0. The Balaban J connectivity index is 2.09. The highest BCUT2D eigenvalue weighted by molar-refractivity contribution is 6.22. The minimum absolute atomic E-state index is 0.249. The molecule has 2 N–H and O–H groups in total. The monoisotopic (exact) mass is 304 g/mol. The van der Waals surface area contributed by atoms with Crippen molar-refractivity contribution >= 4 is 23.7 Å². The lowest BCUT2D eigenvalue weighted by Gasteiger charge is -2.20. The van der Waals surface area contributed by atoms with Crippen molar-refractivity contribution < 1.29 is 24.3 Å². The Morgan fingerprint density at radius 3 is 2.05 bits per heavy atom. The molecule has 7 nitrogen and oxygen atoms in total. The van der Waals surface area contributed by atoms with Gasteiger partial charge in [0.05, 0.1) is 11.1 Å². The number of carbonyl (C=O) groups is 4. The van der Waals surface area contributed by atoms with Crippen molar-refractivity contribution in [1.82, 2.24) is 10.2 Å². The van der Waals surface area contributed by atoms with E-state index in [9.17, 15) is 19.2 Å². The van der Waals surface area contributed by atoms with Gasteiger partial charge in [-0.05, 0) is 18.1 Å². The van der Waals surface area contributed by atoms with Gasteiger partial charge in [0.15, 0.2) is 0 Å². The first kappa shape index (κ1) is 15.7. The maximum absolute atomic E-state index is 12.1. The molecule has 0 bridgehead atoms. The maximum Gasteiger partial charge on any atom is 0.326 e. The van der Waals surface area contributed by atoms with Crippen molar-refractivity contribution in [2.75, 3.05) is 6.54 Å². The van der Waals surface area contributed by atoms with Crippen LogP contribution in [0.5, 0.6) is 0 Å². The molecular formula is C15H16N2O5. The lowest BCUT2D eigenvalue weighted by atomic mass is 10.0. The molecule has 22 heavy (non-hydrogen) atoms. The zero-order valence-electron chi connectivity index (χ0n) is 12.2. The van der Waals surface area contributed by atoms with E-state index in [1.54, 1.807) is 26.0 Å². The van der Waals surface area contributed by atoms with Crippen LogP contribution >= 0.6 is 0 Å². The number of fused-ring (bicyclic) bond motifs is 1. The highest BCUT2D eigenvalue weighted by Crippen LogP contribution is 2.21. The standard InChI is InChI=1S/C15H16N2O5/c1-8(2)12(15(21)22)16-11(18)7-17-13(19)9-5-3-4-6-10(9)14(17)20/h3-6,8,12H,7H2,1-2H3,(H,16,18)(H,21,22)/t12-/m0/s1. The fourth-order valence-corrected chi connectivity index (χ4v) is 2.26. The predicted molar refractivity (Wildman–Crippen MR) is 76.2 cm³/mol. The number of carboxylic acid groups (broad SMARTS) is 1. The fraction of sp³-hybridized carbons (Fsp3) is 0.333. The second-order valence-electron chi connectivity index (χ2n) is 5.37. The van der Waals surface area contributed by atoms with Crippen LogP contribution in [0, 0.1) is 5.92 Å². The summed E-state index contributed by atoms with van der Waals surface area (Å²) in [6.45, 7) is 2.81. The van der Waals surface area contributed by atoms with E-state index in [4.69, 9.17) is 5.11 Å². The SMILES string of the molecule is CC(C)[C@H](NC(=O)CN1C(=O)c2ccccc2C1=O)C(=O)O. The van der Waals surface area contributed by atoms with Gasteiger partial charge in [-0.15, -0.1) is 0 Å². The first-order chi connectivity index (χ1) is 10.3. The molecule has 1 atom stereocenters. The number of nitrogens with one attached hydrogen (secondary N) is 1. The number of amides is 3. The number of hydrogen-bond acceptors (Lipinski definition) is 4. The Morgan fingerprint density at radius 1 is 1.14 bits per heavy atom. The maximum atomic E-state index is 12.1. The highest BCUT2D eigenvalue weighted by Gasteiger charge is 2.36. The van der Waals surface area contributed by atoms with Gasteiger partial charge in [-0.25, -0.2) is 4.79 Å². The quantitative estimate of drug-likeness (QED) is 0.771. The van der Waals surface area contributed by atoms with Gasteiger partial charge in [-0.1, -0.05) is 26.0 Å². The number of rotatable bonds is 5. The van der Waals surface area contributed by atoms with Gasteiger partial charge in [0, 0.05) is 0 Å². The molecule has 0 unspecified atom stereocenters. The first-order valence-corrected chi connectivity index (χ1v) is 6.80. The van der Waals surface area contributed by atoms with Gasteiger partial charge in [0.1, 0.15) is 12.6 Å². The lowest BCUT2D eigenvalue weighted by molar-refractivity contribution is -0.143. The van der Waals surface area contributed by atoms with E-state index in [1.807, 2.05) is 0 Å². The third kappa shape index (κ3) is 2.83. The molecule has 0 fully saturated rings. The third-order valence-electron chi connectivity index (χ3n) is 3.43. The van der Waals surface area contributed by atoms with E-state index < -0.39 is 36.3 Å². The summed E-state index contributed by atoms with van der Waals surface area (Å²) >= 11 is 0. The van der Waals surface area contributed by atoms with Gasteiger partial charge >= 0.3 is 5.97 Å². The lowest BCUT2D eigenvalue weighted by Crippen LogP contribution is -2.49. The average molecular weight is 304 g/mol. The Bertz CT molecular complexity index is 618. The molecule has 2 rings (SSSR count). The summed E-state index contributed by atoms with van der Waals surface area (Å²) in [4.78, 5) is 48.0. The van der Waals surface area contributed by atoms with Crippen LogP contribution in [-0.4, -0.2) is 46.3 Å². The average Bonchev–Trinajstić information content (AvgIpc) is 2.70. The molecule has 0 saturated heterocycles. The number of carboxylic acids is 1. The van der Waals surface area contributed by atoms with E-state index in [0.29, 0.717) is 0 Å². The summed E-state index contributed by atoms with van der Waals surface area (Å²) in [5.41, 5.74) is 0.498. The predicted octanol–water partition coefficient (Wildman–Crippen LogP) is 0.508. The molecule has 1 aliphatic rings. The third-order valence-corrected chi connectivity index (χ3v) is 3.43. The zero-order valence-corrected chi connectivity index (χ0v) is 12.2. The first-order valence-electron chi connectivity index (χ1n) is 6.80. The van der Waals surface area contributed by atoms with Gasteiger partial charge in [0.2, 0.25) is 5.91 Å². The molecule has 0 radical (unpaired) electrons. The molecule has 1 aliphatic heterocycles. The molecule has 1 aromatic rings. The van der Waals surface area contributed by atoms with Crippen molar-refractivity contribution in [3.63, 3.8) is 0 Å². The highest BCUT2D eigenvalue weighted by atomic mass is 16.4. The number of benzene rings is 1. The van der Waals surface area contributed by atoms with Crippen molar-refractivity contribution in [3.05, 3.63) is 35.4 Å². The van der Waals surface area contributed by atoms with Crippen LogP contribution in [0.15, 0.2) is 24.3 Å². The fourth-order valence-electron chi connectivity index (χ4n) is 2.26. The van der Waals surface area contributed by atoms with E-state index in [-0.39, 0.29) is 17.0 Å². The smallest absolute Gasteiger partial charge is 0.326 e. The van der Waals surface area contributed by atoms with E-state index in [1.165, 1.54) is 12.1 Å². The van der Waals surface area contributed by atoms with Crippen LogP contribution in [0.3, 0.4) is 0 Å². The largest absolute Gasteiger partial charge is 0.480 e. The van der Waals surface area contributed by atoms with Crippen LogP contribution in [0.4, 0.5) is 0 Å². The van der Waals surface area contributed by atoms with Gasteiger partial charge in [-0.2, -0.15) is 0 Å². The minimum Gasteiger partial charge on any atom is -0.480 e. The van der Waals surface area contributed by atoms with Crippen molar-refractivity contribution in [3.8, 4) is 0 Å². The van der Waals surface area contributed by atoms with Crippen LogP contribution in [0.25, 0.3) is 0 Å². The Labute approximate surface area is 126 Å². The van der Waals surface area contributed by atoms with Crippen molar-refractivity contribution in [1.29, 1.82) is 0 Å². The molecule has 1 heterocycles. The van der Waals surface area contributed by atoms with Crippen LogP contribution in [0.2, 0.25) is 0 Å². The molecule has 0 aliphatic carbocycles. The second-order valence-corrected chi connectivity index (χ2v) is 5.37. The van der Waals surface area contributed by atoms with Crippen LogP contribution < -0.4 is 5.32 Å². The molecule has 116 valence electrons. The molecule has 0 spiro atoms. The van der Waals surface area contributed by atoms with Gasteiger partial charge in [-0.3, -0.25) is 19.3 Å². The van der Waals surface area contributed by atoms with E-state index in [2.05, 4.69) is 5.32 Å². The van der Waals surface area contributed by atoms with Gasteiger partial charge < -0.3 is 10.4 Å². The number of nitrogens with zero attached hydrogens (tertiary/aromatic N) is 1. The Hall–Kier alpha value is -2.70. The molecule has 0 saturated carbocycles. The van der Waals surface area contributed by atoms with Crippen LogP contribution in [0.1, 0.15) is 34.6 Å². The summed E-state index contributed by atoms with van der Waals surface area (Å²) in [5.74, 6) is -3.26. The summed E-state index contributed by atoms with van der Waals surface area (Å²) in [5, 5.41) is 11.4. The topological polar surface area (TPSA) is 104 Å².